The maximum Gasteiger partial charge on any atom is 0.137 e. The highest BCUT2D eigenvalue weighted by molar-refractivity contribution is 6.30. The molecule has 34 heavy (non-hydrogen) atoms. The van der Waals surface area contributed by atoms with E-state index >= 15 is 0 Å². The van der Waals surface area contributed by atoms with E-state index in [1.807, 2.05) is 71.4 Å². The Hall–Kier alpha value is -4.15. The van der Waals surface area contributed by atoms with Crippen LogP contribution in [0.2, 0.25) is 5.02 Å². The quantitative estimate of drug-likeness (QED) is 0.275. The van der Waals surface area contributed by atoms with E-state index in [2.05, 4.69) is 53.2 Å². The molecule has 0 amide bonds. The predicted octanol–water partition coefficient (Wildman–Crippen LogP) is 7.10. The summed E-state index contributed by atoms with van der Waals surface area (Å²) in [5.41, 5.74) is 8.07. The average Bonchev–Trinajstić information content (AvgIpc) is 3.48. The summed E-state index contributed by atoms with van der Waals surface area (Å²) < 4.78 is 4.10. The molecule has 0 aliphatic rings. The fourth-order valence-corrected chi connectivity index (χ4v) is 4.43. The molecule has 0 aliphatic heterocycles. The van der Waals surface area contributed by atoms with Gasteiger partial charge in [-0.3, -0.25) is 0 Å². The minimum Gasteiger partial charge on any atom is -0.303 e. The number of halogens is 1. The Kier molecular flexibility index (Phi) is 5.21. The highest BCUT2D eigenvalue weighted by Crippen LogP contribution is 2.35. The SMILES string of the molecule is Clc1ccc(-c2nn(-c3ccccc3)cc2-c2nc3ccccn3c2Cc2ccccc2)cc1. The van der Waals surface area contributed by atoms with E-state index in [1.165, 1.54) is 5.56 Å². The van der Waals surface area contributed by atoms with E-state index < -0.39 is 0 Å². The smallest absolute Gasteiger partial charge is 0.137 e. The van der Waals surface area contributed by atoms with Crippen molar-refractivity contribution in [2.75, 3.05) is 0 Å². The number of pyridine rings is 1. The normalized spacial score (nSPS) is 11.2. The van der Waals surface area contributed by atoms with Crippen LogP contribution >= 0.6 is 11.6 Å². The molecule has 3 aromatic heterocycles. The topological polar surface area (TPSA) is 35.1 Å². The van der Waals surface area contributed by atoms with Crippen molar-refractivity contribution in [1.82, 2.24) is 19.2 Å². The molecular formula is C29H21ClN4. The summed E-state index contributed by atoms with van der Waals surface area (Å²) in [6, 6.07) is 34.6. The third kappa shape index (κ3) is 3.78. The Balaban J connectivity index is 1.59. The second-order valence-corrected chi connectivity index (χ2v) is 8.61. The number of aromatic nitrogens is 4. The molecule has 0 unspecified atom stereocenters. The lowest BCUT2D eigenvalue weighted by molar-refractivity contribution is 0.884. The van der Waals surface area contributed by atoms with Crippen LogP contribution in [0.1, 0.15) is 11.3 Å². The summed E-state index contributed by atoms with van der Waals surface area (Å²) >= 11 is 6.18. The Morgan fingerprint density at radius 3 is 2.18 bits per heavy atom. The lowest BCUT2D eigenvalue weighted by atomic mass is 10.0. The molecule has 0 saturated carbocycles. The van der Waals surface area contributed by atoms with Crippen molar-refractivity contribution >= 4 is 17.2 Å². The summed E-state index contributed by atoms with van der Waals surface area (Å²) in [4.78, 5) is 5.07. The molecule has 0 fully saturated rings. The summed E-state index contributed by atoms with van der Waals surface area (Å²) in [7, 11) is 0. The van der Waals surface area contributed by atoms with Crippen LogP contribution in [0.15, 0.2) is 116 Å². The van der Waals surface area contributed by atoms with Gasteiger partial charge in [0.2, 0.25) is 0 Å². The monoisotopic (exact) mass is 460 g/mol. The van der Waals surface area contributed by atoms with Crippen LogP contribution in [0.5, 0.6) is 0 Å². The van der Waals surface area contributed by atoms with Gasteiger partial charge in [-0.25, -0.2) is 9.67 Å². The first-order chi connectivity index (χ1) is 16.8. The summed E-state index contributed by atoms with van der Waals surface area (Å²) in [5.74, 6) is 0. The fraction of sp³-hybridized carbons (Fsp3) is 0.0345. The first kappa shape index (κ1) is 20.5. The third-order valence-corrected chi connectivity index (χ3v) is 6.20. The van der Waals surface area contributed by atoms with Gasteiger partial charge >= 0.3 is 0 Å². The Labute approximate surface area is 202 Å². The lowest BCUT2D eigenvalue weighted by Gasteiger charge is -2.06. The van der Waals surface area contributed by atoms with Crippen LogP contribution in [0, 0.1) is 0 Å². The van der Waals surface area contributed by atoms with Gasteiger partial charge < -0.3 is 4.40 Å². The molecule has 6 aromatic rings. The third-order valence-electron chi connectivity index (χ3n) is 5.95. The van der Waals surface area contributed by atoms with Crippen molar-refractivity contribution in [3.63, 3.8) is 0 Å². The number of nitrogens with zero attached hydrogens (tertiary/aromatic N) is 4. The van der Waals surface area contributed by atoms with Crippen LogP contribution in [0.3, 0.4) is 0 Å². The number of imidazole rings is 1. The van der Waals surface area contributed by atoms with Crippen LogP contribution in [-0.4, -0.2) is 19.2 Å². The molecule has 3 aromatic carbocycles. The molecular weight excluding hydrogens is 440 g/mol. The highest BCUT2D eigenvalue weighted by Gasteiger charge is 2.21. The van der Waals surface area contributed by atoms with E-state index in [9.17, 15) is 0 Å². The zero-order valence-corrected chi connectivity index (χ0v) is 19.1. The molecule has 0 saturated heterocycles. The van der Waals surface area contributed by atoms with Gasteiger partial charge in [-0.2, -0.15) is 5.10 Å². The summed E-state index contributed by atoms with van der Waals surface area (Å²) in [6.07, 6.45) is 4.92. The van der Waals surface area contributed by atoms with Crippen LogP contribution in [0.25, 0.3) is 33.8 Å². The first-order valence-corrected chi connectivity index (χ1v) is 11.6. The maximum absolute atomic E-state index is 6.18. The lowest BCUT2D eigenvalue weighted by Crippen LogP contribution is -1.96. The molecule has 5 heteroatoms. The molecule has 0 aliphatic carbocycles. The summed E-state index contributed by atoms with van der Waals surface area (Å²) in [6.45, 7) is 0. The predicted molar refractivity (Wildman–Crippen MR) is 137 cm³/mol. The second-order valence-electron chi connectivity index (χ2n) is 8.18. The number of hydrogen-bond acceptors (Lipinski definition) is 2. The van der Waals surface area contributed by atoms with Gasteiger partial charge in [-0.15, -0.1) is 0 Å². The molecule has 0 N–H and O–H groups in total. The fourth-order valence-electron chi connectivity index (χ4n) is 4.30. The van der Waals surface area contributed by atoms with E-state index in [1.54, 1.807) is 0 Å². The Bertz CT molecular complexity index is 1570. The van der Waals surface area contributed by atoms with Gasteiger partial charge in [0.15, 0.2) is 0 Å². The van der Waals surface area contributed by atoms with E-state index in [-0.39, 0.29) is 0 Å². The molecule has 0 bridgehead atoms. The van der Waals surface area contributed by atoms with Crippen LogP contribution < -0.4 is 0 Å². The van der Waals surface area contributed by atoms with Gasteiger partial charge in [0.05, 0.1) is 17.1 Å². The van der Waals surface area contributed by atoms with Gasteiger partial charge in [-0.05, 0) is 42.0 Å². The number of benzene rings is 3. The average molecular weight is 461 g/mol. The Morgan fingerprint density at radius 2 is 1.41 bits per heavy atom. The standard InChI is InChI=1S/C29H21ClN4/c30-23-16-14-22(15-17-23)28-25(20-34(32-28)24-11-5-2-6-12-24)29-26(19-21-9-3-1-4-10-21)33-18-8-7-13-27(33)31-29/h1-18,20H,19H2. The first-order valence-electron chi connectivity index (χ1n) is 11.2. The van der Waals surface area contributed by atoms with E-state index in [4.69, 9.17) is 21.7 Å². The largest absolute Gasteiger partial charge is 0.303 e. The van der Waals surface area contributed by atoms with Gasteiger partial charge in [0.25, 0.3) is 0 Å². The number of fused-ring (bicyclic) bond motifs is 1. The molecule has 3 heterocycles. The van der Waals surface area contributed by atoms with Crippen LogP contribution in [-0.2, 0) is 6.42 Å². The van der Waals surface area contributed by atoms with Gasteiger partial charge in [0, 0.05) is 35.0 Å². The van der Waals surface area contributed by atoms with Crippen molar-refractivity contribution in [2.24, 2.45) is 0 Å². The second kappa shape index (κ2) is 8.65. The number of para-hydroxylation sites is 1. The summed E-state index contributed by atoms with van der Waals surface area (Å²) in [5, 5.41) is 5.70. The van der Waals surface area contributed by atoms with Crippen molar-refractivity contribution in [3.8, 4) is 28.2 Å². The zero-order valence-electron chi connectivity index (χ0n) is 18.3. The molecule has 6 rings (SSSR count). The van der Waals surface area contributed by atoms with E-state index in [0.717, 1.165) is 46.0 Å². The minimum absolute atomic E-state index is 0.699. The number of rotatable bonds is 5. The molecule has 0 radical (unpaired) electrons. The van der Waals surface area contributed by atoms with Crippen LogP contribution in [0.4, 0.5) is 0 Å². The van der Waals surface area contributed by atoms with Crippen molar-refractivity contribution in [3.05, 3.63) is 132 Å². The van der Waals surface area contributed by atoms with Crippen molar-refractivity contribution in [1.29, 1.82) is 0 Å². The zero-order chi connectivity index (χ0) is 22.9. The van der Waals surface area contributed by atoms with Gasteiger partial charge in [-0.1, -0.05) is 78.3 Å². The van der Waals surface area contributed by atoms with Crippen molar-refractivity contribution < 1.29 is 0 Å². The molecule has 0 atom stereocenters. The maximum atomic E-state index is 6.18. The highest BCUT2D eigenvalue weighted by atomic mass is 35.5. The molecule has 164 valence electrons. The minimum atomic E-state index is 0.699. The molecule has 4 nitrogen and oxygen atoms in total. The Morgan fingerprint density at radius 1 is 0.706 bits per heavy atom. The number of hydrogen-bond donors (Lipinski definition) is 0. The molecule has 0 spiro atoms. The van der Waals surface area contributed by atoms with Crippen molar-refractivity contribution in [2.45, 2.75) is 6.42 Å². The van der Waals surface area contributed by atoms with Gasteiger partial charge in [0.1, 0.15) is 11.3 Å². The van der Waals surface area contributed by atoms with E-state index in [0.29, 0.717) is 5.02 Å².